The summed E-state index contributed by atoms with van der Waals surface area (Å²) in [6.45, 7) is 9.01. The molecule has 132 valence electrons. The number of phenols is 1. The van der Waals surface area contributed by atoms with Crippen molar-refractivity contribution in [3.05, 3.63) is 28.8 Å². The quantitative estimate of drug-likeness (QED) is 0.669. The van der Waals surface area contributed by atoms with Gasteiger partial charge in [0.2, 0.25) is 0 Å². The van der Waals surface area contributed by atoms with E-state index >= 15 is 0 Å². The van der Waals surface area contributed by atoms with Crippen LogP contribution in [-0.2, 0) is 12.8 Å². The first-order valence-electron chi connectivity index (χ1n) is 9.73. The molecule has 1 aliphatic carbocycles. The number of hydrogen-bond donors (Lipinski definition) is 1. The molecule has 0 heterocycles. The summed E-state index contributed by atoms with van der Waals surface area (Å²) in [5.41, 5.74) is 3.93. The van der Waals surface area contributed by atoms with Crippen LogP contribution < -0.4 is 0 Å². The number of benzene rings is 1. The summed E-state index contributed by atoms with van der Waals surface area (Å²) >= 11 is 0. The number of nitriles is 1. The van der Waals surface area contributed by atoms with Crippen molar-refractivity contribution >= 4 is 0 Å². The molecule has 4 atom stereocenters. The van der Waals surface area contributed by atoms with Crippen LogP contribution in [0.5, 0.6) is 5.75 Å². The molecule has 2 rings (SSSR count). The van der Waals surface area contributed by atoms with Crippen molar-refractivity contribution in [2.24, 2.45) is 17.8 Å². The largest absolute Gasteiger partial charge is 0.508 e. The van der Waals surface area contributed by atoms with Gasteiger partial charge in [0, 0.05) is 6.42 Å². The maximum absolute atomic E-state index is 10.2. The van der Waals surface area contributed by atoms with E-state index in [1.165, 1.54) is 30.4 Å². The van der Waals surface area contributed by atoms with Gasteiger partial charge in [-0.15, -0.1) is 0 Å². The maximum atomic E-state index is 10.2. The Hall–Kier alpha value is -1.49. The molecule has 2 nitrogen and oxygen atoms in total. The number of aromatic hydroxyl groups is 1. The van der Waals surface area contributed by atoms with Crippen LogP contribution in [0.25, 0.3) is 0 Å². The molecule has 2 heteroatoms. The van der Waals surface area contributed by atoms with Gasteiger partial charge in [-0.2, -0.15) is 5.26 Å². The van der Waals surface area contributed by atoms with E-state index < -0.39 is 0 Å². The standard InChI is InChI=1S/C22H33NO/c1-5-17-13-21-18(14-22(17)24)9-10-20(19(21)6-2)16(4)8-7-15(3)11-12-23/h13-16,19-20,24H,5-11H2,1-4H3/t15-,16?,19+,20+/m1/s1. The lowest BCUT2D eigenvalue weighted by molar-refractivity contribution is 0.236. The van der Waals surface area contributed by atoms with Crippen molar-refractivity contribution in [3.63, 3.8) is 0 Å². The minimum Gasteiger partial charge on any atom is -0.508 e. The summed E-state index contributed by atoms with van der Waals surface area (Å²) in [4.78, 5) is 0. The molecule has 1 aliphatic rings. The van der Waals surface area contributed by atoms with Crippen LogP contribution in [0.2, 0.25) is 0 Å². The average molecular weight is 328 g/mol. The van der Waals surface area contributed by atoms with Crippen molar-refractivity contribution in [1.29, 1.82) is 5.26 Å². The summed E-state index contributed by atoms with van der Waals surface area (Å²) in [7, 11) is 0. The van der Waals surface area contributed by atoms with Crippen molar-refractivity contribution in [2.45, 2.75) is 78.6 Å². The number of aryl methyl sites for hydroxylation is 2. The van der Waals surface area contributed by atoms with Gasteiger partial charge in [0.15, 0.2) is 0 Å². The van der Waals surface area contributed by atoms with E-state index in [1.807, 2.05) is 6.07 Å². The van der Waals surface area contributed by atoms with Crippen LogP contribution in [0, 0.1) is 29.1 Å². The predicted molar refractivity (Wildman–Crippen MR) is 100 cm³/mol. The highest BCUT2D eigenvalue weighted by molar-refractivity contribution is 5.45. The van der Waals surface area contributed by atoms with Crippen LogP contribution in [0.1, 0.15) is 82.4 Å². The predicted octanol–water partition coefficient (Wildman–Crippen LogP) is 5.98. The Balaban J connectivity index is 2.15. The molecule has 0 fully saturated rings. The van der Waals surface area contributed by atoms with Crippen LogP contribution in [0.4, 0.5) is 0 Å². The molecule has 0 saturated heterocycles. The molecule has 1 unspecified atom stereocenters. The number of phenolic OH excluding ortho intramolecular Hbond substituents is 1. The van der Waals surface area contributed by atoms with Gasteiger partial charge < -0.3 is 5.11 Å². The molecule has 24 heavy (non-hydrogen) atoms. The molecule has 0 saturated carbocycles. The molecular formula is C22H33NO. The van der Waals surface area contributed by atoms with E-state index in [0.717, 1.165) is 30.7 Å². The molecule has 0 amide bonds. The van der Waals surface area contributed by atoms with E-state index in [4.69, 9.17) is 5.26 Å². The second-order valence-electron chi connectivity index (χ2n) is 7.77. The van der Waals surface area contributed by atoms with Crippen LogP contribution in [-0.4, -0.2) is 5.11 Å². The zero-order chi connectivity index (χ0) is 17.7. The smallest absolute Gasteiger partial charge is 0.119 e. The Morgan fingerprint density at radius 1 is 1.25 bits per heavy atom. The second-order valence-corrected chi connectivity index (χ2v) is 7.77. The molecule has 1 aromatic carbocycles. The lowest BCUT2D eigenvalue weighted by Crippen LogP contribution is -2.26. The normalized spacial score (nSPS) is 22.5. The van der Waals surface area contributed by atoms with Gasteiger partial charge >= 0.3 is 0 Å². The first-order chi connectivity index (χ1) is 11.5. The average Bonchev–Trinajstić information content (AvgIpc) is 2.58. The lowest BCUT2D eigenvalue weighted by atomic mass is 9.67. The van der Waals surface area contributed by atoms with Crippen LogP contribution in [0.3, 0.4) is 0 Å². The SMILES string of the molecule is CCc1cc2c(cc1O)CC[C@@H](C(C)CC[C@@H](C)CC#N)[C@@H]2CC. The number of rotatable bonds is 7. The molecule has 0 spiro atoms. The Labute approximate surface area is 147 Å². The highest BCUT2D eigenvalue weighted by Crippen LogP contribution is 2.45. The van der Waals surface area contributed by atoms with Crippen molar-refractivity contribution in [3.8, 4) is 11.8 Å². The van der Waals surface area contributed by atoms with E-state index in [0.29, 0.717) is 29.9 Å². The molecule has 0 radical (unpaired) electrons. The van der Waals surface area contributed by atoms with Gasteiger partial charge in [0.05, 0.1) is 6.07 Å². The monoisotopic (exact) mass is 327 g/mol. The van der Waals surface area contributed by atoms with Crippen LogP contribution in [0.15, 0.2) is 12.1 Å². The first kappa shape index (κ1) is 18.8. The van der Waals surface area contributed by atoms with E-state index in [2.05, 4.69) is 39.8 Å². The third-order valence-electron chi connectivity index (χ3n) is 6.11. The van der Waals surface area contributed by atoms with Crippen molar-refractivity contribution < 1.29 is 5.11 Å². The Kier molecular flexibility index (Phi) is 6.72. The third-order valence-corrected chi connectivity index (χ3v) is 6.11. The fraction of sp³-hybridized carbons (Fsp3) is 0.682. The van der Waals surface area contributed by atoms with Crippen molar-refractivity contribution in [2.75, 3.05) is 0 Å². The number of nitrogens with zero attached hydrogens (tertiary/aromatic N) is 1. The summed E-state index contributed by atoms with van der Waals surface area (Å²) in [6.07, 6.45) is 7.43. The molecule has 1 N–H and O–H groups in total. The zero-order valence-electron chi connectivity index (χ0n) is 15.8. The Morgan fingerprint density at radius 2 is 2.00 bits per heavy atom. The molecule has 0 aromatic heterocycles. The highest BCUT2D eigenvalue weighted by atomic mass is 16.3. The van der Waals surface area contributed by atoms with E-state index in [9.17, 15) is 5.11 Å². The second kappa shape index (κ2) is 8.56. The lowest BCUT2D eigenvalue weighted by Gasteiger charge is -2.38. The van der Waals surface area contributed by atoms with Gasteiger partial charge in [-0.25, -0.2) is 0 Å². The molecule has 1 aromatic rings. The van der Waals surface area contributed by atoms with Gasteiger partial charge in [-0.3, -0.25) is 0 Å². The number of hydrogen-bond acceptors (Lipinski definition) is 2. The third kappa shape index (κ3) is 4.12. The van der Waals surface area contributed by atoms with Gasteiger partial charge in [-0.05, 0) is 78.5 Å². The summed E-state index contributed by atoms with van der Waals surface area (Å²) in [6, 6.07) is 6.59. The fourth-order valence-electron chi connectivity index (χ4n) is 4.52. The topological polar surface area (TPSA) is 44.0 Å². The molecule has 0 aliphatic heterocycles. The van der Waals surface area contributed by atoms with E-state index in [1.54, 1.807) is 0 Å². The maximum Gasteiger partial charge on any atom is 0.119 e. The van der Waals surface area contributed by atoms with Gasteiger partial charge in [0.25, 0.3) is 0 Å². The summed E-state index contributed by atoms with van der Waals surface area (Å²) in [5.74, 6) is 3.02. The van der Waals surface area contributed by atoms with E-state index in [-0.39, 0.29) is 0 Å². The fourth-order valence-corrected chi connectivity index (χ4v) is 4.52. The van der Waals surface area contributed by atoms with Crippen LogP contribution >= 0.6 is 0 Å². The Bertz CT molecular complexity index is 586. The molecular weight excluding hydrogens is 294 g/mol. The minimum atomic E-state index is 0.475. The zero-order valence-corrected chi connectivity index (χ0v) is 15.8. The van der Waals surface area contributed by atoms with Crippen molar-refractivity contribution in [1.82, 2.24) is 0 Å². The number of fused-ring (bicyclic) bond motifs is 1. The van der Waals surface area contributed by atoms with Gasteiger partial charge in [0.1, 0.15) is 5.75 Å². The first-order valence-corrected chi connectivity index (χ1v) is 9.73. The minimum absolute atomic E-state index is 0.475. The summed E-state index contributed by atoms with van der Waals surface area (Å²) < 4.78 is 0. The summed E-state index contributed by atoms with van der Waals surface area (Å²) in [5, 5.41) is 19.0. The van der Waals surface area contributed by atoms with Gasteiger partial charge in [-0.1, -0.05) is 40.2 Å². The molecule has 0 bridgehead atoms. The Morgan fingerprint density at radius 3 is 2.62 bits per heavy atom. The highest BCUT2D eigenvalue weighted by Gasteiger charge is 2.32.